The van der Waals surface area contributed by atoms with Gasteiger partial charge in [0.05, 0.1) is 0 Å². The molecule has 60 valence electrons. The van der Waals surface area contributed by atoms with Crippen LogP contribution in [0.5, 0.6) is 0 Å². The molecule has 0 aliphatic heterocycles. The topological polar surface area (TPSA) is 57.5 Å². The average molecular weight is 172 g/mol. The molecule has 1 atom stereocenters. The molecule has 0 saturated heterocycles. The van der Waals surface area contributed by atoms with Crippen LogP contribution in [0.15, 0.2) is 10.8 Å². The molecule has 0 spiro atoms. The van der Waals surface area contributed by atoms with E-state index >= 15 is 0 Å². The van der Waals surface area contributed by atoms with Crippen LogP contribution in [-0.4, -0.2) is 16.2 Å². The first-order valence-electron chi connectivity index (χ1n) is 3.06. The highest BCUT2D eigenvalue weighted by atomic mass is 32.1. The molecular formula is C7H8O3S. The summed E-state index contributed by atoms with van der Waals surface area (Å²) in [6.45, 7) is 1.78. The van der Waals surface area contributed by atoms with Gasteiger partial charge < -0.3 is 10.2 Å². The molecule has 1 unspecified atom stereocenters. The van der Waals surface area contributed by atoms with Gasteiger partial charge in [0.25, 0.3) is 0 Å². The molecule has 1 heterocycles. The number of carboxylic acids is 1. The lowest BCUT2D eigenvalue weighted by Gasteiger charge is -2.02. The van der Waals surface area contributed by atoms with Gasteiger partial charge >= 0.3 is 5.97 Å². The molecule has 11 heavy (non-hydrogen) atoms. The fraction of sp³-hybridized carbons (Fsp3) is 0.286. The maximum Gasteiger partial charge on any atom is 0.337 e. The summed E-state index contributed by atoms with van der Waals surface area (Å²) in [6, 6.07) is 0. The molecule has 0 radical (unpaired) electrons. The van der Waals surface area contributed by atoms with Crippen LogP contribution in [0.1, 0.15) is 17.2 Å². The van der Waals surface area contributed by atoms with E-state index in [2.05, 4.69) is 0 Å². The van der Waals surface area contributed by atoms with E-state index in [1.807, 2.05) is 5.38 Å². The Balaban J connectivity index is 2.92. The second-order valence-corrected chi connectivity index (χ2v) is 2.99. The maximum atomic E-state index is 10.3. The molecule has 1 rings (SSSR count). The third kappa shape index (κ3) is 1.58. The van der Waals surface area contributed by atoms with Gasteiger partial charge in [0.2, 0.25) is 0 Å². The summed E-state index contributed by atoms with van der Waals surface area (Å²) < 4.78 is 0. The molecule has 0 bridgehead atoms. The lowest BCUT2D eigenvalue weighted by atomic mass is 10.1. The van der Waals surface area contributed by atoms with Crippen LogP contribution in [0.25, 0.3) is 0 Å². The molecule has 1 aromatic heterocycles. The van der Waals surface area contributed by atoms with Crippen LogP contribution in [0.2, 0.25) is 0 Å². The fourth-order valence-electron chi connectivity index (χ4n) is 0.784. The van der Waals surface area contributed by atoms with Crippen molar-refractivity contribution in [2.75, 3.05) is 0 Å². The molecule has 1 aromatic rings. The van der Waals surface area contributed by atoms with Gasteiger partial charge in [-0.3, -0.25) is 0 Å². The molecule has 0 fully saturated rings. The second-order valence-electron chi connectivity index (χ2n) is 2.25. The predicted octanol–water partition coefficient (Wildman–Crippen LogP) is 1.17. The molecule has 0 saturated carbocycles. The number of aliphatic hydroxyl groups excluding tert-OH is 1. The van der Waals surface area contributed by atoms with Gasteiger partial charge in [0, 0.05) is 5.56 Å². The highest BCUT2D eigenvalue weighted by Gasteiger charge is 2.17. The first-order valence-corrected chi connectivity index (χ1v) is 4.00. The summed E-state index contributed by atoms with van der Waals surface area (Å²) in [5, 5.41) is 21.0. The van der Waals surface area contributed by atoms with E-state index in [-0.39, 0.29) is 0 Å². The Morgan fingerprint density at radius 2 is 2.27 bits per heavy atom. The lowest BCUT2D eigenvalue weighted by molar-refractivity contribution is -0.146. The number of carbonyl (C=O) groups is 1. The summed E-state index contributed by atoms with van der Waals surface area (Å²) in [6.07, 6.45) is -1.37. The zero-order valence-electron chi connectivity index (χ0n) is 5.94. The van der Waals surface area contributed by atoms with E-state index in [1.54, 1.807) is 12.3 Å². The van der Waals surface area contributed by atoms with Crippen LogP contribution in [0.4, 0.5) is 0 Å². The summed E-state index contributed by atoms with van der Waals surface area (Å²) in [4.78, 5) is 10.3. The Hall–Kier alpha value is -0.870. The minimum absolute atomic E-state index is 0.488. The highest BCUT2D eigenvalue weighted by molar-refractivity contribution is 7.08. The van der Waals surface area contributed by atoms with E-state index in [0.717, 1.165) is 5.56 Å². The van der Waals surface area contributed by atoms with Gasteiger partial charge in [-0.1, -0.05) is 0 Å². The van der Waals surface area contributed by atoms with Crippen molar-refractivity contribution in [1.82, 2.24) is 0 Å². The second kappa shape index (κ2) is 3.02. The lowest BCUT2D eigenvalue weighted by Crippen LogP contribution is -2.10. The van der Waals surface area contributed by atoms with Crippen LogP contribution >= 0.6 is 11.3 Å². The van der Waals surface area contributed by atoms with Gasteiger partial charge in [0.1, 0.15) is 0 Å². The maximum absolute atomic E-state index is 10.3. The third-order valence-electron chi connectivity index (χ3n) is 1.42. The molecule has 4 heteroatoms. The minimum Gasteiger partial charge on any atom is -0.479 e. The first kappa shape index (κ1) is 8.23. The van der Waals surface area contributed by atoms with E-state index in [1.165, 1.54) is 11.3 Å². The van der Waals surface area contributed by atoms with Gasteiger partial charge in [0.15, 0.2) is 6.10 Å². The summed E-state index contributed by atoms with van der Waals surface area (Å²) in [5.74, 6) is -1.20. The van der Waals surface area contributed by atoms with E-state index in [0.29, 0.717) is 5.56 Å². The number of hydrogen-bond acceptors (Lipinski definition) is 3. The largest absolute Gasteiger partial charge is 0.479 e. The van der Waals surface area contributed by atoms with Gasteiger partial charge in [-0.25, -0.2) is 4.79 Å². The van der Waals surface area contributed by atoms with E-state index < -0.39 is 12.1 Å². The molecular weight excluding hydrogens is 164 g/mol. The van der Waals surface area contributed by atoms with Gasteiger partial charge in [-0.15, -0.1) is 0 Å². The number of aliphatic carboxylic acids is 1. The Labute approximate surface area is 67.9 Å². The van der Waals surface area contributed by atoms with Crippen molar-refractivity contribution >= 4 is 17.3 Å². The number of aryl methyl sites for hydroxylation is 1. The van der Waals surface area contributed by atoms with Crippen molar-refractivity contribution in [2.45, 2.75) is 13.0 Å². The third-order valence-corrected chi connectivity index (χ3v) is 2.30. The van der Waals surface area contributed by atoms with Crippen molar-refractivity contribution in [2.24, 2.45) is 0 Å². The predicted molar refractivity (Wildman–Crippen MR) is 41.7 cm³/mol. The summed E-state index contributed by atoms with van der Waals surface area (Å²) in [7, 11) is 0. The highest BCUT2D eigenvalue weighted by Crippen LogP contribution is 2.21. The minimum atomic E-state index is -1.37. The van der Waals surface area contributed by atoms with E-state index in [4.69, 9.17) is 10.2 Å². The smallest absolute Gasteiger partial charge is 0.337 e. The first-order chi connectivity index (χ1) is 5.13. The monoisotopic (exact) mass is 172 g/mol. The number of aliphatic hydroxyl groups is 1. The Bertz CT molecular complexity index is 266. The standard InChI is InChI=1S/C7H8O3S/c1-4-2-11-3-5(4)6(8)7(9)10/h2-3,6,8H,1H3,(H,9,10). The molecule has 0 aliphatic carbocycles. The van der Waals surface area contributed by atoms with Crippen molar-refractivity contribution < 1.29 is 15.0 Å². The number of hydrogen-bond donors (Lipinski definition) is 2. The van der Waals surface area contributed by atoms with Crippen molar-refractivity contribution in [1.29, 1.82) is 0 Å². The molecule has 2 N–H and O–H groups in total. The van der Waals surface area contributed by atoms with Crippen molar-refractivity contribution in [3.8, 4) is 0 Å². The number of rotatable bonds is 2. The molecule has 0 aromatic carbocycles. The Morgan fingerprint density at radius 3 is 2.64 bits per heavy atom. The van der Waals surface area contributed by atoms with Gasteiger partial charge in [-0.2, -0.15) is 11.3 Å². The van der Waals surface area contributed by atoms with E-state index in [9.17, 15) is 4.79 Å². The Kier molecular flexibility index (Phi) is 2.26. The Morgan fingerprint density at radius 1 is 1.64 bits per heavy atom. The average Bonchev–Trinajstić information content (AvgIpc) is 2.33. The number of thiophene rings is 1. The molecule has 0 amide bonds. The fourth-order valence-corrected chi connectivity index (χ4v) is 1.65. The molecule has 0 aliphatic rings. The summed E-state index contributed by atoms with van der Waals surface area (Å²) in [5.41, 5.74) is 1.31. The molecule has 3 nitrogen and oxygen atoms in total. The van der Waals surface area contributed by atoms with Crippen molar-refractivity contribution in [3.63, 3.8) is 0 Å². The zero-order valence-corrected chi connectivity index (χ0v) is 6.76. The summed E-state index contributed by atoms with van der Waals surface area (Å²) >= 11 is 1.39. The zero-order chi connectivity index (χ0) is 8.43. The van der Waals surface area contributed by atoms with Crippen LogP contribution in [0, 0.1) is 6.92 Å². The van der Waals surface area contributed by atoms with Crippen molar-refractivity contribution in [3.05, 3.63) is 21.9 Å². The number of carboxylic acid groups (broad SMARTS) is 1. The van der Waals surface area contributed by atoms with Crippen LogP contribution < -0.4 is 0 Å². The SMILES string of the molecule is Cc1cscc1C(O)C(=O)O. The van der Waals surface area contributed by atoms with Crippen LogP contribution in [0.3, 0.4) is 0 Å². The normalized spacial score (nSPS) is 12.9. The van der Waals surface area contributed by atoms with Crippen LogP contribution in [-0.2, 0) is 4.79 Å². The quantitative estimate of drug-likeness (QED) is 0.704. The van der Waals surface area contributed by atoms with Gasteiger partial charge in [-0.05, 0) is 23.2 Å².